The maximum atomic E-state index is 6.39. The molecule has 0 radical (unpaired) electrons. The van der Waals surface area contributed by atoms with E-state index >= 15 is 0 Å². The van der Waals surface area contributed by atoms with Crippen LogP contribution in [0.4, 0.5) is 0 Å². The van der Waals surface area contributed by atoms with Crippen molar-refractivity contribution in [2.45, 2.75) is 45.2 Å². The molecule has 0 aromatic heterocycles. The lowest BCUT2D eigenvalue weighted by Gasteiger charge is -2.29. The first-order chi connectivity index (χ1) is 10.0. The smallest absolute Gasteiger partial charge is 0.0465 e. The van der Waals surface area contributed by atoms with E-state index in [-0.39, 0.29) is 0 Å². The predicted molar refractivity (Wildman–Crippen MR) is 95.0 cm³/mol. The molecule has 0 aliphatic heterocycles. The van der Waals surface area contributed by atoms with Crippen molar-refractivity contribution in [1.29, 1.82) is 0 Å². The van der Waals surface area contributed by atoms with E-state index in [0.717, 1.165) is 28.4 Å². The van der Waals surface area contributed by atoms with Gasteiger partial charge in [-0.2, -0.15) is 0 Å². The van der Waals surface area contributed by atoms with Gasteiger partial charge in [0.05, 0.1) is 0 Å². The summed E-state index contributed by atoms with van der Waals surface area (Å²) in [4.78, 5) is 2.61. The number of benzene rings is 1. The minimum Gasteiger partial charge on any atom is -0.313 e. The van der Waals surface area contributed by atoms with E-state index in [9.17, 15) is 0 Å². The normalized spacial score (nSPS) is 16.7. The molecule has 1 fully saturated rings. The van der Waals surface area contributed by atoms with Crippen molar-refractivity contribution in [3.63, 3.8) is 0 Å². The fourth-order valence-corrected chi connectivity index (χ4v) is 3.53. The summed E-state index contributed by atoms with van der Waals surface area (Å²) in [6.07, 6.45) is 3.91. The molecule has 21 heavy (non-hydrogen) atoms. The summed E-state index contributed by atoms with van der Waals surface area (Å²) in [5.74, 6) is 0.941. The van der Waals surface area contributed by atoms with Gasteiger partial charge in [-0.25, -0.2) is 0 Å². The first kappa shape index (κ1) is 17.3. The van der Waals surface area contributed by atoms with Gasteiger partial charge in [-0.15, -0.1) is 0 Å². The van der Waals surface area contributed by atoms with Gasteiger partial charge in [0.2, 0.25) is 0 Å². The summed E-state index contributed by atoms with van der Waals surface area (Å²) < 4.78 is 1.03. The van der Waals surface area contributed by atoms with Gasteiger partial charge in [0.25, 0.3) is 0 Å². The first-order valence-corrected chi connectivity index (χ1v) is 9.04. The SMILES string of the molecule is CNC(CCN(CC1CC1)C(C)C)c1ccc(Br)cc1Cl. The van der Waals surface area contributed by atoms with E-state index in [1.165, 1.54) is 24.9 Å². The molecule has 1 N–H and O–H groups in total. The van der Waals surface area contributed by atoms with E-state index in [2.05, 4.69) is 52.1 Å². The minimum atomic E-state index is 0.311. The Balaban J connectivity index is 1.97. The summed E-state index contributed by atoms with van der Waals surface area (Å²) in [5, 5.41) is 4.25. The van der Waals surface area contributed by atoms with Gasteiger partial charge < -0.3 is 10.2 Å². The third kappa shape index (κ3) is 5.24. The van der Waals surface area contributed by atoms with Crippen LogP contribution in [-0.2, 0) is 0 Å². The van der Waals surface area contributed by atoms with Crippen LogP contribution < -0.4 is 5.32 Å². The van der Waals surface area contributed by atoms with Crippen LogP contribution >= 0.6 is 27.5 Å². The van der Waals surface area contributed by atoms with E-state index in [1.807, 2.05) is 13.1 Å². The second kappa shape index (κ2) is 7.96. The number of nitrogens with one attached hydrogen (secondary N) is 1. The van der Waals surface area contributed by atoms with E-state index in [4.69, 9.17) is 11.6 Å². The Bertz CT molecular complexity index is 460. The van der Waals surface area contributed by atoms with Crippen LogP contribution in [0.15, 0.2) is 22.7 Å². The molecule has 4 heteroatoms. The van der Waals surface area contributed by atoms with Gasteiger partial charge in [0.1, 0.15) is 0 Å². The summed E-state index contributed by atoms with van der Waals surface area (Å²) >= 11 is 9.86. The molecule has 1 atom stereocenters. The van der Waals surface area contributed by atoms with Crippen LogP contribution in [0.2, 0.25) is 5.02 Å². The zero-order valence-electron chi connectivity index (χ0n) is 13.2. The maximum absolute atomic E-state index is 6.39. The second-order valence-electron chi connectivity index (χ2n) is 6.33. The molecule has 2 rings (SSSR count). The molecule has 0 bridgehead atoms. The van der Waals surface area contributed by atoms with E-state index in [1.54, 1.807) is 0 Å². The Morgan fingerprint density at radius 1 is 1.38 bits per heavy atom. The highest BCUT2D eigenvalue weighted by Crippen LogP contribution is 2.31. The number of hydrogen-bond acceptors (Lipinski definition) is 2. The molecule has 2 nitrogen and oxygen atoms in total. The maximum Gasteiger partial charge on any atom is 0.0465 e. The summed E-state index contributed by atoms with van der Waals surface area (Å²) in [7, 11) is 2.02. The van der Waals surface area contributed by atoms with Crippen molar-refractivity contribution >= 4 is 27.5 Å². The van der Waals surface area contributed by atoms with E-state index in [0.29, 0.717) is 12.1 Å². The van der Waals surface area contributed by atoms with Crippen molar-refractivity contribution in [3.05, 3.63) is 33.3 Å². The molecule has 118 valence electrons. The molecule has 1 aliphatic carbocycles. The average Bonchev–Trinajstić information content (AvgIpc) is 3.23. The molecule has 1 saturated carbocycles. The third-order valence-electron chi connectivity index (χ3n) is 4.31. The van der Waals surface area contributed by atoms with Crippen molar-refractivity contribution in [3.8, 4) is 0 Å². The quantitative estimate of drug-likeness (QED) is 0.699. The summed E-state index contributed by atoms with van der Waals surface area (Å²) in [6, 6.07) is 7.09. The number of nitrogens with zero attached hydrogens (tertiary/aromatic N) is 1. The predicted octanol–water partition coefficient (Wildman–Crippen LogP) is 4.87. The monoisotopic (exact) mass is 372 g/mol. The summed E-state index contributed by atoms with van der Waals surface area (Å²) in [6.45, 7) is 6.96. The largest absolute Gasteiger partial charge is 0.313 e. The zero-order valence-corrected chi connectivity index (χ0v) is 15.5. The molecule has 1 aliphatic rings. The molecule has 1 unspecified atom stereocenters. The van der Waals surface area contributed by atoms with Gasteiger partial charge in [0.15, 0.2) is 0 Å². The lowest BCUT2D eigenvalue weighted by Crippen LogP contribution is -2.35. The molecule has 0 saturated heterocycles. The van der Waals surface area contributed by atoms with Crippen LogP contribution in [0.1, 0.15) is 44.7 Å². The van der Waals surface area contributed by atoms with Crippen LogP contribution in [-0.4, -0.2) is 31.1 Å². The number of hydrogen-bond donors (Lipinski definition) is 1. The van der Waals surface area contributed by atoms with Gasteiger partial charge >= 0.3 is 0 Å². The van der Waals surface area contributed by atoms with Crippen LogP contribution in [0.5, 0.6) is 0 Å². The Kier molecular flexibility index (Phi) is 6.54. The number of halogens is 2. The Labute approximate surface area is 142 Å². The van der Waals surface area contributed by atoms with Gasteiger partial charge in [-0.1, -0.05) is 33.6 Å². The highest BCUT2D eigenvalue weighted by molar-refractivity contribution is 9.10. The first-order valence-electron chi connectivity index (χ1n) is 7.87. The zero-order chi connectivity index (χ0) is 15.4. The van der Waals surface area contributed by atoms with Gasteiger partial charge in [-0.05, 0) is 63.8 Å². The van der Waals surface area contributed by atoms with Crippen molar-refractivity contribution in [2.75, 3.05) is 20.1 Å². The van der Waals surface area contributed by atoms with Crippen LogP contribution in [0.3, 0.4) is 0 Å². The van der Waals surface area contributed by atoms with Gasteiger partial charge in [0, 0.05) is 34.7 Å². The molecule has 1 aromatic carbocycles. The lowest BCUT2D eigenvalue weighted by atomic mass is 10.0. The van der Waals surface area contributed by atoms with Crippen molar-refractivity contribution in [1.82, 2.24) is 10.2 Å². The van der Waals surface area contributed by atoms with Crippen molar-refractivity contribution < 1.29 is 0 Å². The van der Waals surface area contributed by atoms with Crippen LogP contribution in [0.25, 0.3) is 0 Å². The number of rotatable bonds is 8. The van der Waals surface area contributed by atoms with Crippen molar-refractivity contribution in [2.24, 2.45) is 5.92 Å². The molecule has 0 spiro atoms. The van der Waals surface area contributed by atoms with Crippen LogP contribution in [0, 0.1) is 5.92 Å². The fourth-order valence-electron chi connectivity index (χ4n) is 2.73. The molecular formula is C17H26BrClN2. The fraction of sp³-hybridized carbons (Fsp3) is 0.647. The second-order valence-corrected chi connectivity index (χ2v) is 7.65. The average molecular weight is 374 g/mol. The molecule has 0 amide bonds. The highest BCUT2D eigenvalue weighted by Gasteiger charge is 2.26. The molecular weight excluding hydrogens is 348 g/mol. The third-order valence-corrected chi connectivity index (χ3v) is 5.13. The standard InChI is InChI=1S/C17H26BrClN2/c1-12(2)21(11-13-4-5-13)9-8-17(20-3)15-7-6-14(18)10-16(15)19/h6-7,10,12-13,17,20H,4-5,8-9,11H2,1-3H3. The summed E-state index contributed by atoms with van der Waals surface area (Å²) in [5.41, 5.74) is 1.19. The highest BCUT2D eigenvalue weighted by atomic mass is 79.9. The van der Waals surface area contributed by atoms with E-state index < -0.39 is 0 Å². The topological polar surface area (TPSA) is 15.3 Å². The van der Waals surface area contributed by atoms with Gasteiger partial charge in [-0.3, -0.25) is 0 Å². The Morgan fingerprint density at radius 3 is 2.62 bits per heavy atom. The Hall–Kier alpha value is -0.0900. The molecule has 0 heterocycles. The Morgan fingerprint density at radius 2 is 2.10 bits per heavy atom. The minimum absolute atomic E-state index is 0.311. The molecule has 1 aromatic rings. The lowest BCUT2D eigenvalue weighted by molar-refractivity contribution is 0.202.